The van der Waals surface area contributed by atoms with Crippen LogP contribution in [0.3, 0.4) is 0 Å². The Balaban J connectivity index is 1.98. The molecule has 0 N–H and O–H groups in total. The Morgan fingerprint density at radius 2 is 1.41 bits per heavy atom. The highest BCUT2D eigenvalue weighted by molar-refractivity contribution is 5.06. The number of pyridine rings is 2. The van der Waals surface area contributed by atoms with Crippen LogP contribution in [-0.2, 0) is 13.1 Å². The summed E-state index contributed by atoms with van der Waals surface area (Å²) in [4.78, 5) is 11.0. The first-order valence-electron chi connectivity index (χ1n) is 5.90. The first-order valence-corrected chi connectivity index (χ1v) is 5.90. The molecule has 0 aromatic carbocycles. The maximum absolute atomic E-state index is 4.35. The van der Waals surface area contributed by atoms with Gasteiger partial charge >= 0.3 is 0 Å². The minimum absolute atomic E-state index is 0.869. The largest absolute Gasteiger partial charge is 0.292 e. The zero-order chi connectivity index (χ0) is 11.9. The van der Waals surface area contributed by atoms with Gasteiger partial charge in [-0.2, -0.15) is 0 Å². The average Bonchev–Trinajstić information content (AvgIpc) is 2.40. The maximum Gasteiger partial charge on any atom is 0.0544 e. The molecular formula is C14H17N3. The van der Waals surface area contributed by atoms with Gasteiger partial charge in [-0.3, -0.25) is 14.9 Å². The van der Waals surface area contributed by atoms with Crippen LogP contribution in [0.2, 0.25) is 0 Å². The molecule has 88 valence electrons. The third-order valence-electron chi connectivity index (χ3n) is 2.67. The van der Waals surface area contributed by atoms with E-state index in [9.17, 15) is 0 Å². The minimum Gasteiger partial charge on any atom is -0.292 e. The van der Waals surface area contributed by atoms with Crippen LogP contribution in [0.1, 0.15) is 18.3 Å². The van der Waals surface area contributed by atoms with Gasteiger partial charge in [-0.25, -0.2) is 0 Å². The summed E-state index contributed by atoms with van der Waals surface area (Å²) >= 11 is 0. The van der Waals surface area contributed by atoms with Crippen LogP contribution in [0.15, 0.2) is 48.8 Å². The zero-order valence-electron chi connectivity index (χ0n) is 10.1. The van der Waals surface area contributed by atoms with E-state index in [1.165, 1.54) is 0 Å². The van der Waals surface area contributed by atoms with E-state index < -0.39 is 0 Å². The predicted molar refractivity (Wildman–Crippen MR) is 68.3 cm³/mol. The van der Waals surface area contributed by atoms with Gasteiger partial charge in [-0.15, -0.1) is 0 Å². The number of rotatable bonds is 5. The number of aromatic nitrogens is 2. The van der Waals surface area contributed by atoms with Gasteiger partial charge in [0, 0.05) is 25.5 Å². The summed E-state index contributed by atoms with van der Waals surface area (Å²) in [6, 6.07) is 12.0. The van der Waals surface area contributed by atoms with Gasteiger partial charge in [0.25, 0.3) is 0 Å². The van der Waals surface area contributed by atoms with E-state index in [0.717, 1.165) is 31.0 Å². The fourth-order valence-corrected chi connectivity index (χ4v) is 1.72. The third kappa shape index (κ3) is 3.64. The van der Waals surface area contributed by atoms with Crippen LogP contribution in [-0.4, -0.2) is 21.4 Å². The normalized spacial score (nSPS) is 10.7. The van der Waals surface area contributed by atoms with Crippen molar-refractivity contribution in [1.82, 2.24) is 14.9 Å². The summed E-state index contributed by atoms with van der Waals surface area (Å²) in [5.41, 5.74) is 2.20. The molecule has 0 aliphatic rings. The van der Waals surface area contributed by atoms with E-state index in [-0.39, 0.29) is 0 Å². The quantitative estimate of drug-likeness (QED) is 0.786. The van der Waals surface area contributed by atoms with E-state index in [0.29, 0.717) is 0 Å². The molecular weight excluding hydrogens is 210 g/mol. The molecule has 2 aromatic rings. The van der Waals surface area contributed by atoms with Crippen molar-refractivity contribution in [3.8, 4) is 0 Å². The molecule has 0 saturated heterocycles. The van der Waals surface area contributed by atoms with Crippen LogP contribution >= 0.6 is 0 Å². The second-order valence-corrected chi connectivity index (χ2v) is 3.95. The van der Waals surface area contributed by atoms with Crippen molar-refractivity contribution in [2.75, 3.05) is 6.54 Å². The molecule has 0 bridgehead atoms. The van der Waals surface area contributed by atoms with E-state index in [1.807, 2.05) is 36.7 Å². The molecule has 0 atom stereocenters. The topological polar surface area (TPSA) is 29.0 Å². The average molecular weight is 227 g/mol. The van der Waals surface area contributed by atoms with Gasteiger partial charge in [0.15, 0.2) is 0 Å². The molecule has 0 unspecified atom stereocenters. The maximum atomic E-state index is 4.35. The molecule has 3 heteroatoms. The highest BCUT2D eigenvalue weighted by atomic mass is 15.1. The second kappa shape index (κ2) is 6.11. The van der Waals surface area contributed by atoms with Crippen LogP contribution in [0.25, 0.3) is 0 Å². The van der Waals surface area contributed by atoms with Crippen molar-refractivity contribution in [3.05, 3.63) is 60.2 Å². The lowest BCUT2D eigenvalue weighted by Crippen LogP contribution is -2.23. The number of hydrogen-bond donors (Lipinski definition) is 0. The van der Waals surface area contributed by atoms with Crippen LogP contribution < -0.4 is 0 Å². The van der Waals surface area contributed by atoms with E-state index in [1.54, 1.807) is 0 Å². The first kappa shape index (κ1) is 11.7. The molecule has 0 spiro atoms. The molecule has 0 aliphatic heterocycles. The lowest BCUT2D eigenvalue weighted by Gasteiger charge is -2.19. The lowest BCUT2D eigenvalue weighted by atomic mass is 10.3. The Bertz CT molecular complexity index is 386. The predicted octanol–water partition coefficient (Wildman–Crippen LogP) is 2.50. The van der Waals surface area contributed by atoms with Crippen LogP contribution in [0.5, 0.6) is 0 Å². The highest BCUT2D eigenvalue weighted by Crippen LogP contribution is 2.05. The summed E-state index contributed by atoms with van der Waals surface area (Å²) in [6.07, 6.45) is 3.67. The molecule has 0 saturated carbocycles. The zero-order valence-corrected chi connectivity index (χ0v) is 10.1. The summed E-state index contributed by atoms with van der Waals surface area (Å²) in [5, 5.41) is 0. The fraction of sp³-hybridized carbons (Fsp3) is 0.286. The highest BCUT2D eigenvalue weighted by Gasteiger charge is 2.05. The lowest BCUT2D eigenvalue weighted by molar-refractivity contribution is 0.265. The second-order valence-electron chi connectivity index (χ2n) is 3.95. The van der Waals surface area contributed by atoms with Gasteiger partial charge in [-0.1, -0.05) is 19.1 Å². The van der Waals surface area contributed by atoms with E-state index in [4.69, 9.17) is 0 Å². The van der Waals surface area contributed by atoms with Gasteiger partial charge in [0.1, 0.15) is 0 Å². The molecule has 2 heterocycles. The monoisotopic (exact) mass is 227 g/mol. The van der Waals surface area contributed by atoms with Crippen LogP contribution in [0, 0.1) is 0 Å². The third-order valence-corrected chi connectivity index (χ3v) is 2.67. The summed E-state index contributed by atoms with van der Waals surface area (Å²) in [6.45, 7) is 4.89. The van der Waals surface area contributed by atoms with Gasteiger partial charge in [0.05, 0.1) is 11.4 Å². The summed E-state index contributed by atoms with van der Waals surface area (Å²) in [5.74, 6) is 0. The van der Waals surface area contributed by atoms with Crippen molar-refractivity contribution in [2.24, 2.45) is 0 Å². The SMILES string of the molecule is CCN(Cc1ccccn1)Cc1ccccn1. The molecule has 0 fully saturated rings. The Morgan fingerprint density at radius 3 is 1.76 bits per heavy atom. The molecule has 2 rings (SSSR count). The molecule has 2 aromatic heterocycles. The Hall–Kier alpha value is -1.74. The Labute approximate surface area is 102 Å². The van der Waals surface area contributed by atoms with E-state index in [2.05, 4.69) is 33.9 Å². The first-order chi connectivity index (χ1) is 8.38. The van der Waals surface area contributed by atoms with Gasteiger partial charge in [-0.05, 0) is 30.8 Å². The van der Waals surface area contributed by atoms with E-state index >= 15 is 0 Å². The van der Waals surface area contributed by atoms with Gasteiger partial charge < -0.3 is 0 Å². The Morgan fingerprint density at radius 1 is 0.882 bits per heavy atom. The molecule has 0 amide bonds. The number of hydrogen-bond acceptors (Lipinski definition) is 3. The number of nitrogens with zero attached hydrogens (tertiary/aromatic N) is 3. The molecule has 17 heavy (non-hydrogen) atoms. The summed E-state index contributed by atoms with van der Waals surface area (Å²) in [7, 11) is 0. The smallest absolute Gasteiger partial charge is 0.0544 e. The minimum atomic E-state index is 0.869. The van der Waals surface area contributed by atoms with Crippen molar-refractivity contribution >= 4 is 0 Å². The van der Waals surface area contributed by atoms with Crippen molar-refractivity contribution in [2.45, 2.75) is 20.0 Å². The molecule has 3 nitrogen and oxygen atoms in total. The van der Waals surface area contributed by atoms with Crippen LogP contribution in [0.4, 0.5) is 0 Å². The summed E-state index contributed by atoms with van der Waals surface area (Å²) < 4.78 is 0. The van der Waals surface area contributed by atoms with Crippen molar-refractivity contribution in [1.29, 1.82) is 0 Å². The fourth-order valence-electron chi connectivity index (χ4n) is 1.72. The Kier molecular flexibility index (Phi) is 4.22. The van der Waals surface area contributed by atoms with Crippen molar-refractivity contribution in [3.63, 3.8) is 0 Å². The standard InChI is InChI=1S/C14H17N3/c1-2-17(11-13-7-3-5-9-15-13)12-14-8-4-6-10-16-14/h3-10H,2,11-12H2,1H3. The molecule has 0 radical (unpaired) electrons. The van der Waals surface area contributed by atoms with Gasteiger partial charge in [0.2, 0.25) is 0 Å². The van der Waals surface area contributed by atoms with Crippen molar-refractivity contribution < 1.29 is 0 Å². The molecule has 0 aliphatic carbocycles.